The van der Waals surface area contributed by atoms with Gasteiger partial charge in [0.25, 0.3) is 0 Å². The fraction of sp³-hybridized carbons (Fsp3) is 0.649. The molecule has 4 fully saturated rings. The number of hydrogen-bond donors (Lipinski definition) is 1. The van der Waals surface area contributed by atoms with E-state index in [2.05, 4.69) is 25.0 Å². The first-order valence-corrected chi connectivity index (χ1v) is 17.5. The van der Waals surface area contributed by atoms with Crippen molar-refractivity contribution < 1.29 is 29.0 Å². The van der Waals surface area contributed by atoms with E-state index in [-0.39, 0.29) is 30.2 Å². The highest BCUT2D eigenvalue weighted by Crippen LogP contribution is 2.65. The third-order valence-corrected chi connectivity index (χ3v) is 11.0. The van der Waals surface area contributed by atoms with Crippen molar-refractivity contribution in [3.63, 3.8) is 0 Å². The number of hydrogen-bond acceptors (Lipinski definition) is 7. The lowest BCUT2D eigenvalue weighted by molar-refractivity contribution is -0.155. The number of nitrogens with zero attached hydrogens (tertiary/aromatic N) is 4. The van der Waals surface area contributed by atoms with Crippen LogP contribution in [0.15, 0.2) is 55.6 Å². The summed E-state index contributed by atoms with van der Waals surface area (Å²) in [6.07, 6.45) is 7.08. The SMILES string of the molecule is C=CCN(CCN1CCOCC1)C(=O)C1N(CCCCCCO)C(=O)[C@@H]2[C@H](C(=O)N(CC=C)Cc3ccccc3)[C@@]3(C)OC12CC3C. The minimum Gasteiger partial charge on any atom is -0.396 e. The Hall–Kier alpha value is -3.05. The summed E-state index contributed by atoms with van der Waals surface area (Å²) in [7, 11) is 0. The van der Waals surface area contributed by atoms with Crippen LogP contribution in [0.25, 0.3) is 0 Å². The molecule has 1 aromatic carbocycles. The summed E-state index contributed by atoms with van der Waals surface area (Å²) in [4.78, 5) is 51.8. The Morgan fingerprint density at radius 2 is 1.68 bits per heavy atom. The van der Waals surface area contributed by atoms with E-state index in [1.54, 1.807) is 22.0 Å². The summed E-state index contributed by atoms with van der Waals surface area (Å²) >= 11 is 0. The Labute approximate surface area is 280 Å². The molecule has 1 N–H and O–H groups in total. The number of likely N-dealkylation sites (tertiary alicyclic amines) is 1. The Kier molecular flexibility index (Phi) is 11.6. The fourth-order valence-electron chi connectivity index (χ4n) is 8.48. The monoisotopic (exact) mass is 650 g/mol. The maximum Gasteiger partial charge on any atom is 0.248 e. The number of carbonyl (C=O) groups is 3. The molecule has 5 rings (SSSR count). The van der Waals surface area contributed by atoms with Crippen molar-refractivity contribution in [3.8, 4) is 0 Å². The molecular weight excluding hydrogens is 596 g/mol. The number of morpholine rings is 1. The molecule has 10 nitrogen and oxygen atoms in total. The number of aliphatic hydroxyl groups is 1. The second kappa shape index (κ2) is 15.4. The van der Waals surface area contributed by atoms with Crippen molar-refractivity contribution in [2.45, 2.75) is 69.7 Å². The van der Waals surface area contributed by atoms with E-state index in [9.17, 15) is 19.5 Å². The average Bonchev–Trinajstić information content (AvgIpc) is 3.59. The lowest BCUT2D eigenvalue weighted by Crippen LogP contribution is -2.57. The van der Waals surface area contributed by atoms with Gasteiger partial charge >= 0.3 is 0 Å². The van der Waals surface area contributed by atoms with Crippen molar-refractivity contribution in [1.29, 1.82) is 0 Å². The van der Waals surface area contributed by atoms with Gasteiger partial charge in [0.15, 0.2) is 0 Å². The van der Waals surface area contributed by atoms with Gasteiger partial charge in [0.2, 0.25) is 17.7 Å². The van der Waals surface area contributed by atoms with Crippen LogP contribution in [-0.4, -0.2) is 125 Å². The van der Waals surface area contributed by atoms with Crippen molar-refractivity contribution in [3.05, 3.63) is 61.2 Å². The zero-order valence-electron chi connectivity index (χ0n) is 28.4. The van der Waals surface area contributed by atoms with Gasteiger partial charge in [-0.1, -0.05) is 62.2 Å². The van der Waals surface area contributed by atoms with Crippen LogP contribution in [0.4, 0.5) is 0 Å². The topological polar surface area (TPSA) is 103 Å². The molecule has 0 aliphatic carbocycles. The molecule has 258 valence electrons. The summed E-state index contributed by atoms with van der Waals surface area (Å²) < 4.78 is 12.5. The van der Waals surface area contributed by atoms with Crippen molar-refractivity contribution in [1.82, 2.24) is 19.6 Å². The van der Waals surface area contributed by atoms with Gasteiger partial charge in [-0.2, -0.15) is 0 Å². The molecule has 0 aromatic heterocycles. The van der Waals surface area contributed by atoms with Crippen LogP contribution in [-0.2, 0) is 30.4 Å². The van der Waals surface area contributed by atoms with E-state index in [0.717, 1.165) is 31.5 Å². The molecule has 10 heteroatoms. The van der Waals surface area contributed by atoms with Crippen LogP contribution in [0.3, 0.4) is 0 Å². The molecule has 4 aliphatic rings. The predicted molar refractivity (Wildman–Crippen MR) is 180 cm³/mol. The normalized spacial score (nSPS) is 29.9. The van der Waals surface area contributed by atoms with Gasteiger partial charge in [-0.15, -0.1) is 13.2 Å². The molecule has 0 radical (unpaired) electrons. The highest BCUT2D eigenvalue weighted by atomic mass is 16.5. The van der Waals surface area contributed by atoms with Crippen molar-refractivity contribution >= 4 is 17.7 Å². The smallest absolute Gasteiger partial charge is 0.248 e. The molecule has 6 atom stereocenters. The third-order valence-electron chi connectivity index (χ3n) is 11.0. The number of fused-ring (bicyclic) bond motifs is 1. The molecule has 1 aromatic rings. The maximum absolute atomic E-state index is 14.8. The molecule has 2 bridgehead atoms. The lowest BCUT2D eigenvalue weighted by atomic mass is 9.62. The zero-order chi connectivity index (χ0) is 33.6. The zero-order valence-corrected chi connectivity index (χ0v) is 28.4. The summed E-state index contributed by atoms with van der Waals surface area (Å²) in [6.45, 7) is 17.7. The fourth-order valence-corrected chi connectivity index (χ4v) is 8.48. The molecule has 4 aliphatic heterocycles. The summed E-state index contributed by atoms with van der Waals surface area (Å²) in [6, 6.07) is 9.01. The van der Waals surface area contributed by atoms with Crippen molar-refractivity contribution in [2.75, 3.05) is 65.6 Å². The van der Waals surface area contributed by atoms with E-state index in [1.807, 2.05) is 42.2 Å². The van der Waals surface area contributed by atoms with E-state index in [4.69, 9.17) is 9.47 Å². The number of benzene rings is 1. The average molecular weight is 651 g/mol. The number of carbonyl (C=O) groups excluding carboxylic acids is 3. The Morgan fingerprint density at radius 1 is 1.00 bits per heavy atom. The lowest BCUT2D eigenvalue weighted by Gasteiger charge is -2.39. The van der Waals surface area contributed by atoms with Crippen LogP contribution in [0.1, 0.15) is 51.5 Å². The molecule has 0 saturated carbocycles. The first-order chi connectivity index (χ1) is 22.7. The molecule has 4 saturated heterocycles. The van der Waals surface area contributed by atoms with Crippen molar-refractivity contribution in [2.24, 2.45) is 17.8 Å². The number of aliphatic hydroxyl groups excluding tert-OH is 1. The van der Waals surface area contributed by atoms with E-state index in [1.165, 1.54) is 0 Å². The number of ether oxygens (including phenoxy) is 2. The van der Waals surface area contributed by atoms with Crippen LogP contribution >= 0.6 is 0 Å². The summed E-state index contributed by atoms with van der Waals surface area (Å²) in [5.74, 6) is -1.95. The highest BCUT2D eigenvalue weighted by Gasteiger charge is 2.80. The van der Waals surface area contributed by atoms with Gasteiger partial charge < -0.3 is 29.3 Å². The second-order valence-electron chi connectivity index (χ2n) is 13.9. The van der Waals surface area contributed by atoms with Crippen LogP contribution < -0.4 is 0 Å². The molecule has 3 amide bonds. The number of unbranched alkanes of at least 4 members (excludes halogenated alkanes) is 3. The van der Waals surface area contributed by atoms with Gasteiger partial charge in [0.05, 0.1) is 30.7 Å². The Bertz CT molecular complexity index is 1270. The minimum atomic E-state index is -1.10. The number of amides is 3. The molecule has 3 unspecified atom stereocenters. The van der Waals surface area contributed by atoms with Gasteiger partial charge in [0.1, 0.15) is 11.6 Å². The molecular formula is C37H54N4O6. The summed E-state index contributed by atoms with van der Waals surface area (Å²) in [5, 5.41) is 9.28. The van der Waals surface area contributed by atoms with Crippen LogP contribution in [0.5, 0.6) is 0 Å². The van der Waals surface area contributed by atoms with Gasteiger partial charge in [-0.25, -0.2) is 0 Å². The van der Waals surface area contributed by atoms with Gasteiger partial charge in [-0.3, -0.25) is 19.3 Å². The van der Waals surface area contributed by atoms with E-state index >= 15 is 0 Å². The molecule has 4 heterocycles. The first kappa shape index (κ1) is 35.3. The van der Waals surface area contributed by atoms with E-state index < -0.39 is 29.1 Å². The first-order valence-electron chi connectivity index (χ1n) is 17.5. The second-order valence-corrected chi connectivity index (χ2v) is 13.9. The van der Waals surface area contributed by atoms with Gasteiger partial charge in [-0.05, 0) is 37.7 Å². The number of rotatable bonds is 17. The highest BCUT2D eigenvalue weighted by molar-refractivity contribution is 5.99. The Balaban J connectivity index is 1.48. The molecule has 1 spiro atoms. The minimum absolute atomic E-state index is 0.0381. The van der Waals surface area contributed by atoms with Gasteiger partial charge in [0, 0.05) is 59.0 Å². The van der Waals surface area contributed by atoms with Crippen LogP contribution in [0.2, 0.25) is 0 Å². The Morgan fingerprint density at radius 3 is 2.36 bits per heavy atom. The predicted octanol–water partition coefficient (Wildman–Crippen LogP) is 3.11. The molecule has 47 heavy (non-hydrogen) atoms. The summed E-state index contributed by atoms with van der Waals surface area (Å²) in [5.41, 5.74) is -0.995. The van der Waals surface area contributed by atoms with Crippen LogP contribution in [0, 0.1) is 17.8 Å². The van der Waals surface area contributed by atoms with E-state index in [0.29, 0.717) is 71.7 Å². The quantitative estimate of drug-likeness (QED) is 0.204. The third kappa shape index (κ3) is 6.93. The largest absolute Gasteiger partial charge is 0.396 e. The maximum atomic E-state index is 14.8. The standard InChI is InChI=1S/C37H54N4O6/c1-5-16-39(20-19-38-21-24-46-25-22-38)35(45)32-37-26-28(3)36(4,47-37)30(31(37)34(44)41(32)18-12-7-8-13-23-42)33(43)40(17-6-2)27-29-14-10-9-11-15-29/h5-6,9-11,14-15,28,30-32,42H,1-2,7-8,12-13,16-27H2,3-4H3/t28?,30-,31+,32?,36+,37?/m1/s1.